The van der Waals surface area contributed by atoms with Crippen LogP contribution in [-0.2, 0) is 68.9 Å². The lowest BCUT2D eigenvalue weighted by Gasteiger charge is -2.26. The Kier molecular flexibility index (Phi) is 17.7. The zero-order chi connectivity index (χ0) is 62.1. The number of nitrogens with two attached hydrogens (primary N) is 3. The Hall–Kier alpha value is -6.02. The van der Waals surface area contributed by atoms with Gasteiger partial charge in [0, 0.05) is 24.4 Å². The first kappa shape index (κ1) is 63.0. The molecule has 18 atom stereocenters. The van der Waals surface area contributed by atoms with Gasteiger partial charge in [-0.3, -0.25) is 69.5 Å². The molecule has 6 aromatic heterocycles. The van der Waals surface area contributed by atoms with Crippen LogP contribution < -0.4 is 39.7 Å². The maximum absolute atomic E-state index is 14.1. The number of aryl methyl sites for hydroxylation is 1. The molecule has 10 heterocycles. The van der Waals surface area contributed by atoms with Gasteiger partial charge in [0.25, 0.3) is 11.1 Å². The van der Waals surface area contributed by atoms with Gasteiger partial charge in [0.2, 0.25) is 5.95 Å². The highest BCUT2D eigenvalue weighted by atomic mass is 31.2. The molecule has 0 spiro atoms. The van der Waals surface area contributed by atoms with Crippen molar-refractivity contribution in [3.8, 4) is 0 Å². The number of imidazole rings is 2. The number of nitrogens with zero attached hydrogens (tertiary/aromatic N) is 10. The number of ether oxygens (including phenoxy) is 4. The highest BCUT2D eigenvalue weighted by Gasteiger charge is 2.54. The number of anilines is 3. The summed E-state index contributed by atoms with van der Waals surface area (Å²) in [5.74, 6) is -0.771. The number of hydrogen-bond donors (Lipinski definition) is 14. The molecule has 0 aliphatic carbocycles. The molecule has 470 valence electrons. The van der Waals surface area contributed by atoms with Gasteiger partial charge in [-0.05, 0) is 13.0 Å². The molecule has 0 radical (unpaired) electrons. The number of aliphatic hydroxyl groups excluding tert-OH is 4. The average molecular weight is 1300 g/mol. The van der Waals surface area contributed by atoms with Crippen LogP contribution in [-0.4, -0.2) is 197 Å². The SMILES string of the molecule is Cc1cn([C@H]2C[C@H](OP(=O)(O)OC[C@H]3O[C@@H](n4cnc5c(N)ncnc54)[C@H](O)[C@@H]3OP(=O)(O)OC[C@H]3O[C@@H](n4cnc5c(=O)[nH]c(N)nc54)[C@H](O)[C@@H]3OP(=O)(O)OC[C@H]3O[C@@H](n4ccc(N)nc4=O)[C@H](O)[C@@H]3O)[C@@H](COP(=O)(O)O)O2)c(=O)[nH]c1=O. The second-order valence-electron chi connectivity index (χ2n) is 19.3. The maximum Gasteiger partial charge on any atom is 0.472 e. The monoisotopic (exact) mass is 1300 g/mol. The van der Waals surface area contributed by atoms with Gasteiger partial charge in [0.05, 0.1) is 39.1 Å². The Labute approximate surface area is 475 Å². The normalized spacial score (nSPS) is 30.9. The lowest BCUT2D eigenvalue weighted by Crippen LogP contribution is -2.38. The van der Waals surface area contributed by atoms with Gasteiger partial charge in [-0.1, -0.05) is 0 Å². The summed E-state index contributed by atoms with van der Waals surface area (Å²) in [6, 6.07) is 1.18. The van der Waals surface area contributed by atoms with E-state index in [9.17, 15) is 82.3 Å². The van der Waals surface area contributed by atoms with Crippen molar-refractivity contribution < 1.29 is 114 Å². The summed E-state index contributed by atoms with van der Waals surface area (Å²) in [5.41, 5.74) is 12.8. The molecule has 3 unspecified atom stereocenters. The van der Waals surface area contributed by atoms with E-state index < -0.39 is 185 Å². The second-order valence-corrected chi connectivity index (χ2v) is 24.7. The van der Waals surface area contributed by atoms with Crippen LogP contribution >= 0.6 is 31.3 Å². The minimum absolute atomic E-state index is 0.0197. The van der Waals surface area contributed by atoms with Gasteiger partial charge in [-0.25, -0.2) is 47.8 Å². The highest BCUT2D eigenvalue weighted by Crippen LogP contribution is 2.54. The van der Waals surface area contributed by atoms with Crippen LogP contribution in [0.1, 0.15) is 36.9 Å². The third kappa shape index (κ3) is 13.4. The van der Waals surface area contributed by atoms with Crippen molar-refractivity contribution in [1.82, 2.24) is 58.1 Å². The number of aromatic nitrogens is 12. The second kappa shape index (κ2) is 24.2. The molecule has 4 aliphatic rings. The van der Waals surface area contributed by atoms with Crippen LogP contribution in [0.3, 0.4) is 0 Å². The molecule has 0 aromatic carbocycles. The van der Waals surface area contributed by atoms with E-state index in [2.05, 4.69) is 39.4 Å². The molecule has 86 heavy (non-hydrogen) atoms. The Bertz CT molecular complexity index is 3970. The molecule has 43 nitrogen and oxygen atoms in total. The van der Waals surface area contributed by atoms with Crippen molar-refractivity contribution >= 4 is 71.2 Å². The van der Waals surface area contributed by atoms with Gasteiger partial charge < -0.3 is 81.0 Å². The van der Waals surface area contributed by atoms with Crippen molar-refractivity contribution in [1.29, 1.82) is 0 Å². The number of phosphoric acid groups is 4. The number of aliphatic hydroxyl groups is 4. The number of phosphoric ester groups is 4. The number of aromatic amines is 2. The van der Waals surface area contributed by atoms with E-state index in [1.54, 1.807) is 0 Å². The summed E-state index contributed by atoms with van der Waals surface area (Å²) in [7, 11) is -22.1. The maximum atomic E-state index is 14.1. The molecule has 0 saturated carbocycles. The van der Waals surface area contributed by atoms with E-state index in [1.807, 2.05) is 4.98 Å². The van der Waals surface area contributed by atoms with Crippen LogP contribution in [0.2, 0.25) is 0 Å². The van der Waals surface area contributed by atoms with Crippen LogP contribution in [0.15, 0.2) is 56.6 Å². The molecule has 10 rings (SSSR count). The summed E-state index contributed by atoms with van der Waals surface area (Å²) in [4.78, 5) is 130. The van der Waals surface area contributed by atoms with Gasteiger partial charge in [-0.15, -0.1) is 0 Å². The van der Waals surface area contributed by atoms with Crippen LogP contribution in [0, 0.1) is 6.92 Å². The number of H-pyrrole nitrogens is 2. The summed E-state index contributed by atoms with van der Waals surface area (Å²) in [6.07, 6.45) is -23.1. The van der Waals surface area contributed by atoms with E-state index in [0.29, 0.717) is 0 Å². The number of rotatable bonds is 22. The first-order chi connectivity index (χ1) is 40.4. The number of nitrogens with one attached hydrogen (secondary N) is 2. The number of hydrogen-bond acceptors (Lipinski definition) is 32. The van der Waals surface area contributed by atoms with Crippen molar-refractivity contribution in [2.24, 2.45) is 0 Å². The first-order valence-electron chi connectivity index (χ1n) is 24.7. The van der Waals surface area contributed by atoms with Crippen molar-refractivity contribution in [3.05, 3.63) is 84.7 Å². The zero-order valence-corrected chi connectivity index (χ0v) is 47.0. The van der Waals surface area contributed by atoms with Crippen molar-refractivity contribution in [2.75, 3.05) is 43.6 Å². The largest absolute Gasteiger partial charge is 0.472 e. The van der Waals surface area contributed by atoms with E-state index in [0.717, 1.165) is 49.6 Å². The Morgan fingerprint density at radius 3 is 1.76 bits per heavy atom. The number of fused-ring (bicyclic) bond motifs is 2. The third-order valence-electron chi connectivity index (χ3n) is 13.5. The molecule has 47 heteroatoms. The Morgan fingerprint density at radius 1 is 0.605 bits per heavy atom. The van der Waals surface area contributed by atoms with Crippen LogP contribution in [0.25, 0.3) is 22.3 Å². The van der Waals surface area contributed by atoms with Gasteiger partial charge >= 0.3 is 42.7 Å². The summed E-state index contributed by atoms with van der Waals surface area (Å²) >= 11 is 0. The quantitative estimate of drug-likeness (QED) is 0.0283. The summed E-state index contributed by atoms with van der Waals surface area (Å²) in [5, 5.41) is 45.0. The fraction of sp³-hybridized carbons (Fsp3) is 0.538. The summed E-state index contributed by atoms with van der Waals surface area (Å²) < 4.78 is 116. The molecule has 17 N–H and O–H groups in total. The minimum Gasteiger partial charge on any atom is -0.387 e. The smallest absolute Gasteiger partial charge is 0.387 e. The van der Waals surface area contributed by atoms with Gasteiger partial charge in [0.15, 0.2) is 41.3 Å². The van der Waals surface area contributed by atoms with Crippen molar-refractivity contribution in [2.45, 2.75) is 105 Å². The van der Waals surface area contributed by atoms with E-state index in [1.165, 1.54) is 13.0 Å². The molecular formula is C39H51N15O28P4. The first-order valence-corrected chi connectivity index (χ1v) is 30.7. The van der Waals surface area contributed by atoms with Crippen LogP contribution in [0.4, 0.5) is 17.6 Å². The topological polar surface area (TPSA) is 627 Å². The molecule has 4 aliphatic heterocycles. The highest BCUT2D eigenvalue weighted by molar-refractivity contribution is 7.48. The fourth-order valence-corrected chi connectivity index (χ4v) is 12.7. The Morgan fingerprint density at radius 2 is 1.15 bits per heavy atom. The predicted octanol–water partition coefficient (Wildman–Crippen LogP) is -5.14. The van der Waals surface area contributed by atoms with Gasteiger partial charge in [0.1, 0.15) is 91.0 Å². The summed E-state index contributed by atoms with van der Waals surface area (Å²) in [6.45, 7) is -3.18. The lowest BCUT2D eigenvalue weighted by molar-refractivity contribution is -0.0641. The van der Waals surface area contributed by atoms with E-state index >= 15 is 0 Å². The molecule has 6 aromatic rings. The molecule has 4 saturated heterocycles. The average Bonchev–Trinajstić information content (AvgIpc) is 1.79. The molecule has 0 amide bonds. The third-order valence-corrected chi connectivity index (χ3v) is 17.0. The van der Waals surface area contributed by atoms with E-state index in [-0.39, 0.29) is 39.5 Å². The molecular weight excluding hydrogens is 1250 g/mol. The van der Waals surface area contributed by atoms with Crippen LogP contribution in [0.5, 0.6) is 0 Å². The standard InChI is InChI=1S/C39H51N15O28P4/c1-13-5-52(39(62)50-32(13)59)20-4-14(15(76-20)6-72-83(63,64)65)80-84(66,67)74-8-17-27(25(57)35(78-17)53-11-45-21-29(41)43-10-44-30(21)53)82-86(70,71)75-9-18-28(26(58)36(79-18)54-12-46-22-31(54)48-37(42)49-33(22)60)81-85(68,69)73-7-16-23(55)24(56)34(77-16)51-3-2-19(40)47-38(51)61/h2-3,5,10-12,14-18,20,23-28,34-36,55-58H,4,6-9H2,1H3,(H,66,67)(H,68,69)(H,70,71)(H2,40,47,61)(H2,41,43,44)(H,50,59,62)(H2,63,64,65)(H3,42,48,49,60)/t14-,15+,16+,17+,18+,20+,23+,24+,25+,26+,27+,28+,34+,35+,36+/m0/s1. The lowest BCUT2D eigenvalue weighted by atomic mass is 10.1. The van der Waals surface area contributed by atoms with E-state index in [4.69, 9.17) is 63.3 Å². The van der Waals surface area contributed by atoms with Crippen molar-refractivity contribution in [3.63, 3.8) is 0 Å². The minimum atomic E-state index is -5.75. The van der Waals surface area contributed by atoms with Gasteiger partial charge in [-0.2, -0.15) is 9.97 Å². The molecule has 0 bridgehead atoms. The zero-order valence-electron chi connectivity index (χ0n) is 43.4. The molecule has 4 fully saturated rings. The fourth-order valence-electron chi connectivity index (χ4n) is 9.50. The number of nitrogen functional groups attached to an aromatic ring is 3. The Balaban J connectivity index is 0.878. The predicted molar refractivity (Wildman–Crippen MR) is 275 cm³/mol.